The summed E-state index contributed by atoms with van der Waals surface area (Å²) in [6, 6.07) is 5.81. The lowest BCUT2D eigenvalue weighted by Crippen LogP contribution is -2.54. The molecule has 1 aromatic rings. The van der Waals surface area contributed by atoms with Gasteiger partial charge < -0.3 is 14.7 Å². The molecule has 0 aliphatic carbocycles. The van der Waals surface area contributed by atoms with E-state index in [0.717, 1.165) is 5.82 Å². The Morgan fingerprint density at radius 2 is 1.64 bits per heavy atom. The van der Waals surface area contributed by atoms with Gasteiger partial charge in [0.05, 0.1) is 0 Å². The molecule has 0 N–H and O–H groups in total. The lowest BCUT2D eigenvalue weighted by Gasteiger charge is -2.36. The van der Waals surface area contributed by atoms with Gasteiger partial charge in [-0.2, -0.15) is 0 Å². The number of carbonyl (C=O) groups is 2. The van der Waals surface area contributed by atoms with Gasteiger partial charge in [-0.05, 0) is 24.0 Å². The second-order valence-electron chi connectivity index (χ2n) is 7.47. The molecule has 0 saturated carbocycles. The third kappa shape index (κ3) is 5.44. The maximum Gasteiger partial charge on any atom is 0.312 e. The average molecular weight is 346 g/mol. The molecule has 1 aromatic heterocycles. The maximum atomic E-state index is 12.7. The molecular weight excluding hydrogens is 316 g/mol. The summed E-state index contributed by atoms with van der Waals surface area (Å²) in [4.78, 5) is 35.2. The normalized spacial score (nSPS) is 15.0. The number of piperazine rings is 1. The molecule has 0 radical (unpaired) electrons. The number of nitrogens with zero attached hydrogens (tertiary/aromatic N) is 4. The average Bonchev–Trinajstić information content (AvgIpc) is 2.60. The van der Waals surface area contributed by atoms with Crippen molar-refractivity contribution in [2.24, 2.45) is 11.8 Å². The summed E-state index contributed by atoms with van der Waals surface area (Å²) in [7, 11) is 0. The summed E-state index contributed by atoms with van der Waals surface area (Å²) >= 11 is 0. The Kier molecular flexibility index (Phi) is 6.79. The summed E-state index contributed by atoms with van der Waals surface area (Å²) in [5.41, 5.74) is 0. The molecule has 25 heavy (non-hydrogen) atoms. The summed E-state index contributed by atoms with van der Waals surface area (Å²) in [5.74, 6) is 0.867. The van der Waals surface area contributed by atoms with E-state index in [9.17, 15) is 9.59 Å². The van der Waals surface area contributed by atoms with Crippen LogP contribution in [0.2, 0.25) is 0 Å². The van der Waals surface area contributed by atoms with Crippen molar-refractivity contribution in [2.45, 2.75) is 27.7 Å². The number of carbonyl (C=O) groups excluding carboxylic acids is 2. The lowest BCUT2D eigenvalue weighted by molar-refractivity contribution is -0.152. The van der Waals surface area contributed by atoms with Gasteiger partial charge in [-0.1, -0.05) is 33.8 Å². The zero-order chi connectivity index (χ0) is 18.4. The number of aromatic nitrogens is 1. The van der Waals surface area contributed by atoms with E-state index >= 15 is 0 Å². The Morgan fingerprint density at radius 3 is 2.12 bits per heavy atom. The van der Waals surface area contributed by atoms with Crippen LogP contribution in [-0.2, 0) is 9.59 Å². The third-order valence-corrected chi connectivity index (χ3v) is 4.18. The highest BCUT2D eigenvalue weighted by atomic mass is 16.2. The Bertz CT molecular complexity index is 556. The van der Waals surface area contributed by atoms with Crippen molar-refractivity contribution in [2.75, 3.05) is 44.2 Å². The molecule has 0 unspecified atom stereocenters. The highest BCUT2D eigenvalue weighted by Crippen LogP contribution is 2.13. The van der Waals surface area contributed by atoms with Crippen molar-refractivity contribution in [1.29, 1.82) is 0 Å². The third-order valence-electron chi connectivity index (χ3n) is 4.18. The fourth-order valence-electron chi connectivity index (χ4n) is 3.07. The van der Waals surface area contributed by atoms with Gasteiger partial charge in [-0.25, -0.2) is 4.98 Å². The van der Waals surface area contributed by atoms with Crippen LogP contribution in [0.1, 0.15) is 27.7 Å². The van der Waals surface area contributed by atoms with Gasteiger partial charge in [-0.3, -0.25) is 9.59 Å². The SMILES string of the molecule is CC(C)CN(CC(C)C)C(=O)C(=O)N1CCN(c2ccccn2)CC1. The summed E-state index contributed by atoms with van der Waals surface area (Å²) in [6.45, 7) is 12.0. The molecule has 1 fully saturated rings. The van der Waals surface area contributed by atoms with Crippen LogP contribution in [0.15, 0.2) is 24.4 Å². The highest BCUT2D eigenvalue weighted by Gasteiger charge is 2.30. The number of hydrogen-bond acceptors (Lipinski definition) is 4. The standard InChI is InChI=1S/C19H30N4O2/c1-15(2)13-23(14-16(3)4)19(25)18(24)22-11-9-21(10-12-22)17-7-5-6-8-20-17/h5-8,15-16H,9-14H2,1-4H3. The quantitative estimate of drug-likeness (QED) is 0.764. The minimum Gasteiger partial charge on any atom is -0.353 e. The van der Waals surface area contributed by atoms with Crippen molar-refractivity contribution < 1.29 is 9.59 Å². The topological polar surface area (TPSA) is 56.8 Å². The van der Waals surface area contributed by atoms with E-state index in [0.29, 0.717) is 51.1 Å². The first-order chi connectivity index (χ1) is 11.9. The van der Waals surface area contributed by atoms with Crippen molar-refractivity contribution in [3.63, 3.8) is 0 Å². The van der Waals surface area contributed by atoms with Crippen molar-refractivity contribution in [1.82, 2.24) is 14.8 Å². The predicted octanol–water partition coefficient (Wildman–Crippen LogP) is 1.87. The monoisotopic (exact) mass is 346 g/mol. The maximum absolute atomic E-state index is 12.7. The number of anilines is 1. The fraction of sp³-hybridized carbons (Fsp3) is 0.632. The van der Waals surface area contributed by atoms with Crippen LogP contribution in [0.5, 0.6) is 0 Å². The van der Waals surface area contributed by atoms with Crippen LogP contribution in [0, 0.1) is 11.8 Å². The second kappa shape index (κ2) is 8.83. The van der Waals surface area contributed by atoms with Crippen LogP contribution in [0.3, 0.4) is 0 Å². The Hall–Kier alpha value is -2.11. The van der Waals surface area contributed by atoms with E-state index in [1.54, 1.807) is 16.0 Å². The number of rotatable bonds is 5. The van der Waals surface area contributed by atoms with E-state index in [4.69, 9.17) is 0 Å². The van der Waals surface area contributed by atoms with Gasteiger partial charge >= 0.3 is 11.8 Å². The van der Waals surface area contributed by atoms with Crippen LogP contribution in [0.25, 0.3) is 0 Å². The molecule has 0 aromatic carbocycles. The van der Waals surface area contributed by atoms with Crippen molar-refractivity contribution >= 4 is 17.6 Å². The van der Waals surface area contributed by atoms with Crippen molar-refractivity contribution in [3.8, 4) is 0 Å². The van der Waals surface area contributed by atoms with Gasteiger partial charge in [0.25, 0.3) is 0 Å². The molecule has 2 amide bonds. The molecule has 1 saturated heterocycles. The van der Waals surface area contributed by atoms with Crippen LogP contribution < -0.4 is 4.90 Å². The number of amides is 2. The first-order valence-corrected chi connectivity index (χ1v) is 9.12. The zero-order valence-electron chi connectivity index (χ0n) is 15.8. The molecule has 2 rings (SSSR count). The van der Waals surface area contributed by atoms with Gasteiger partial charge in [0.2, 0.25) is 0 Å². The van der Waals surface area contributed by atoms with E-state index in [-0.39, 0.29) is 11.8 Å². The largest absolute Gasteiger partial charge is 0.353 e. The molecular formula is C19H30N4O2. The van der Waals surface area contributed by atoms with E-state index in [2.05, 4.69) is 37.6 Å². The zero-order valence-corrected chi connectivity index (χ0v) is 15.8. The lowest BCUT2D eigenvalue weighted by atomic mass is 10.1. The van der Waals surface area contributed by atoms with Crippen LogP contribution in [-0.4, -0.2) is 65.9 Å². The van der Waals surface area contributed by atoms with E-state index in [1.807, 2.05) is 18.2 Å². The summed E-state index contributed by atoms with van der Waals surface area (Å²) < 4.78 is 0. The molecule has 0 spiro atoms. The fourth-order valence-corrected chi connectivity index (χ4v) is 3.07. The molecule has 138 valence electrons. The molecule has 2 heterocycles. The number of pyridine rings is 1. The minimum absolute atomic E-state index is 0.344. The van der Waals surface area contributed by atoms with Gasteiger partial charge in [-0.15, -0.1) is 0 Å². The molecule has 6 nitrogen and oxygen atoms in total. The van der Waals surface area contributed by atoms with Crippen LogP contribution >= 0.6 is 0 Å². The first kappa shape index (κ1) is 19.2. The molecule has 1 aliphatic rings. The first-order valence-electron chi connectivity index (χ1n) is 9.12. The molecule has 1 aliphatic heterocycles. The predicted molar refractivity (Wildman–Crippen MR) is 99.3 cm³/mol. The summed E-state index contributed by atoms with van der Waals surface area (Å²) in [5, 5.41) is 0. The number of hydrogen-bond donors (Lipinski definition) is 0. The Labute approximate surface area is 150 Å². The van der Waals surface area contributed by atoms with E-state index < -0.39 is 0 Å². The van der Waals surface area contributed by atoms with Gasteiger partial charge in [0.15, 0.2) is 0 Å². The Morgan fingerprint density at radius 1 is 1.04 bits per heavy atom. The molecule has 6 heteroatoms. The summed E-state index contributed by atoms with van der Waals surface area (Å²) in [6.07, 6.45) is 1.77. The van der Waals surface area contributed by atoms with Gasteiger partial charge in [0, 0.05) is 45.5 Å². The van der Waals surface area contributed by atoms with E-state index in [1.165, 1.54) is 0 Å². The van der Waals surface area contributed by atoms with Crippen molar-refractivity contribution in [3.05, 3.63) is 24.4 Å². The molecule has 0 atom stereocenters. The smallest absolute Gasteiger partial charge is 0.312 e. The second-order valence-corrected chi connectivity index (χ2v) is 7.47. The van der Waals surface area contributed by atoms with Crippen LogP contribution in [0.4, 0.5) is 5.82 Å². The Balaban J connectivity index is 1.94. The molecule has 0 bridgehead atoms. The highest BCUT2D eigenvalue weighted by molar-refractivity contribution is 6.34. The minimum atomic E-state index is -0.373. The van der Waals surface area contributed by atoms with Gasteiger partial charge in [0.1, 0.15) is 5.82 Å².